The molecule has 7 heteroatoms. The molecule has 7 nitrogen and oxygen atoms in total. The summed E-state index contributed by atoms with van der Waals surface area (Å²) in [7, 11) is 0. The number of rotatable bonds is 3. The van der Waals surface area contributed by atoms with Gasteiger partial charge in [0, 0.05) is 5.56 Å². The Kier molecular flexibility index (Phi) is 4.97. The second-order valence-electron chi connectivity index (χ2n) is 6.64. The normalized spacial score (nSPS) is 16.8. The quantitative estimate of drug-likeness (QED) is 0.792. The molecule has 3 N–H and O–H groups in total. The summed E-state index contributed by atoms with van der Waals surface area (Å²) in [5, 5.41) is 10.4. The highest BCUT2D eigenvalue weighted by molar-refractivity contribution is 5.93. The Morgan fingerprint density at radius 1 is 1.36 bits per heavy atom. The van der Waals surface area contributed by atoms with Gasteiger partial charge in [-0.3, -0.25) is 4.79 Å². The molecule has 1 aromatic carbocycles. The Morgan fingerprint density at radius 2 is 2.07 bits per heavy atom. The third-order valence-corrected chi connectivity index (χ3v) is 4.99. The second-order valence-corrected chi connectivity index (χ2v) is 6.64. The largest absolute Gasteiger partial charge is 0.463 e. The van der Waals surface area contributed by atoms with E-state index in [0.717, 1.165) is 22.0 Å². The van der Waals surface area contributed by atoms with Gasteiger partial charge in [-0.15, -0.1) is 0 Å². The maximum Gasteiger partial charge on any atom is 0.338 e. The molecule has 1 aliphatic rings. The number of nitriles is 1. The molecule has 0 saturated carbocycles. The first kappa shape index (κ1) is 19.2. The number of aromatic amines is 1. The summed E-state index contributed by atoms with van der Waals surface area (Å²) in [6.45, 7) is 7.27. The van der Waals surface area contributed by atoms with Crippen LogP contribution >= 0.6 is 0 Å². The van der Waals surface area contributed by atoms with Gasteiger partial charge >= 0.3 is 5.97 Å². The smallest absolute Gasteiger partial charge is 0.338 e. The van der Waals surface area contributed by atoms with Crippen molar-refractivity contribution >= 4 is 16.9 Å². The molecule has 0 radical (unpaired) electrons. The van der Waals surface area contributed by atoms with E-state index in [1.54, 1.807) is 19.9 Å². The Balaban J connectivity index is 2.31. The summed E-state index contributed by atoms with van der Waals surface area (Å²) in [4.78, 5) is 28.4. The van der Waals surface area contributed by atoms with Crippen molar-refractivity contribution in [3.63, 3.8) is 0 Å². The molecular formula is C21H21N3O4. The lowest BCUT2D eigenvalue weighted by atomic mass is 9.83. The highest BCUT2D eigenvalue weighted by Gasteiger charge is 2.37. The first-order valence-corrected chi connectivity index (χ1v) is 8.88. The first-order valence-electron chi connectivity index (χ1n) is 8.88. The Labute approximate surface area is 162 Å². The number of pyridine rings is 1. The van der Waals surface area contributed by atoms with Crippen LogP contribution in [0.25, 0.3) is 10.9 Å². The monoisotopic (exact) mass is 379 g/mol. The number of fused-ring (bicyclic) bond motifs is 1. The van der Waals surface area contributed by atoms with Gasteiger partial charge in [0.15, 0.2) is 0 Å². The lowest BCUT2D eigenvalue weighted by Gasteiger charge is -2.26. The maximum atomic E-state index is 13.0. The standard InChI is InChI=1S/C21H21N3O4/c1-5-27-21(26)16-12(4)28-19(23)15(9-22)17(16)14-8-13-7-6-10(2)11(3)18(13)24-20(14)25/h6-8,17H,5,23H2,1-4H3,(H,24,25)/t17-/m0/s1. The lowest BCUT2D eigenvalue weighted by Crippen LogP contribution is -2.29. The minimum Gasteiger partial charge on any atom is -0.463 e. The van der Waals surface area contributed by atoms with Gasteiger partial charge in [-0.1, -0.05) is 12.1 Å². The van der Waals surface area contributed by atoms with E-state index in [9.17, 15) is 14.9 Å². The van der Waals surface area contributed by atoms with Crippen molar-refractivity contribution < 1.29 is 14.3 Å². The molecule has 2 aromatic rings. The molecule has 1 atom stereocenters. The number of aromatic nitrogens is 1. The van der Waals surface area contributed by atoms with Gasteiger partial charge in [-0.2, -0.15) is 5.26 Å². The van der Waals surface area contributed by atoms with Gasteiger partial charge in [0.1, 0.15) is 17.4 Å². The zero-order valence-corrected chi connectivity index (χ0v) is 16.2. The number of nitrogens with two attached hydrogens (primary N) is 1. The highest BCUT2D eigenvalue weighted by Crippen LogP contribution is 2.39. The van der Waals surface area contributed by atoms with Crippen molar-refractivity contribution in [3.8, 4) is 6.07 Å². The number of ether oxygens (including phenoxy) is 2. The van der Waals surface area contributed by atoms with Gasteiger partial charge < -0.3 is 20.2 Å². The van der Waals surface area contributed by atoms with Crippen molar-refractivity contribution in [3.05, 3.63) is 68.0 Å². The number of nitrogens with zero attached hydrogens (tertiary/aromatic N) is 1. The highest BCUT2D eigenvalue weighted by atomic mass is 16.5. The third kappa shape index (κ3) is 3.03. The van der Waals surface area contributed by atoms with Crippen molar-refractivity contribution in [2.24, 2.45) is 5.73 Å². The Hall–Kier alpha value is -3.53. The number of esters is 1. The summed E-state index contributed by atoms with van der Waals surface area (Å²) in [6.07, 6.45) is 0. The molecule has 28 heavy (non-hydrogen) atoms. The fourth-order valence-corrected chi connectivity index (χ4v) is 3.42. The van der Waals surface area contributed by atoms with Crippen LogP contribution in [0.15, 0.2) is 45.8 Å². The molecule has 0 fully saturated rings. The molecule has 144 valence electrons. The molecule has 0 spiro atoms. The van der Waals surface area contributed by atoms with Gasteiger partial charge in [-0.05, 0) is 50.3 Å². The molecule has 3 rings (SSSR count). The first-order chi connectivity index (χ1) is 13.3. The number of aryl methyl sites for hydroxylation is 2. The van der Waals surface area contributed by atoms with Crippen LogP contribution < -0.4 is 11.3 Å². The topological polar surface area (TPSA) is 118 Å². The molecule has 0 aliphatic carbocycles. The molecule has 0 unspecified atom stereocenters. The van der Waals surface area contributed by atoms with Gasteiger partial charge in [0.2, 0.25) is 5.88 Å². The molecule has 1 aromatic heterocycles. The summed E-state index contributed by atoms with van der Waals surface area (Å²) >= 11 is 0. The number of benzene rings is 1. The van der Waals surface area contributed by atoms with E-state index < -0.39 is 17.4 Å². The van der Waals surface area contributed by atoms with Crippen LogP contribution in [-0.2, 0) is 14.3 Å². The predicted molar refractivity (Wildman–Crippen MR) is 104 cm³/mol. The van der Waals surface area contributed by atoms with Gasteiger partial charge in [-0.25, -0.2) is 4.79 Å². The molecule has 2 heterocycles. The van der Waals surface area contributed by atoms with Crippen LogP contribution in [0, 0.1) is 25.2 Å². The van der Waals surface area contributed by atoms with Crippen molar-refractivity contribution in [2.45, 2.75) is 33.6 Å². The molecule has 1 aliphatic heterocycles. The van der Waals surface area contributed by atoms with E-state index in [2.05, 4.69) is 4.98 Å². The predicted octanol–water partition coefficient (Wildman–Crippen LogP) is 2.79. The van der Waals surface area contributed by atoms with Crippen molar-refractivity contribution in [2.75, 3.05) is 6.61 Å². The van der Waals surface area contributed by atoms with Gasteiger partial charge in [0.05, 0.1) is 23.6 Å². The number of carbonyl (C=O) groups excluding carboxylic acids is 1. The summed E-state index contributed by atoms with van der Waals surface area (Å²) < 4.78 is 10.5. The van der Waals surface area contributed by atoms with E-state index in [1.165, 1.54) is 0 Å². The van der Waals surface area contributed by atoms with E-state index in [-0.39, 0.29) is 35.0 Å². The number of H-pyrrole nitrogens is 1. The number of carbonyl (C=O) groups is 1. The van der Waals surface area contributed by atoms with E-state index in [1.807, 2.05) is 32.0 Å². The van der Waals surface area contributed by atoms with Crippen LogP contribution in [0.4, 0.5) is 0 Å². The third-order valence-electron chi connectivity index (χ3n) is 4.99. The summed E-state index contributed by atoms with van der Waals surface area (Å²) in [6, 6.07) is 7.50. The molecular weight excluding hydrogens is 358 g/mol. The Bertz CT molecular complexity index is 1150. The van der Waals surface area contributed by atoms with Crippen molar-refractivity contribution in [1.82, 2.24) is 4.98 Å². The van der Waals surface area contributed by atoms with E-state index in [4.69, 9.17) is 15.2 Å². The zero-order valence-electron chi connectivity index (χ0n) is 16.2. The minimum atomic E-state index is -0.965. The van der Waals surface area contributed by atoms with Crippen LogP contribution in [-0.4, -0.2) is 17.6 Å². The minimum absolute atomic E-state index is 0.00216. The molecule has 0 amide bonds. The van der Waals surface area contributed by atoms with E-state index >= 15 is 0 Å². The fourth-order valence-electron chi connectivity index (χ4n) is 3.42. The average molecular weight is 379 g/mol. The van der Waals surface area contributed by atoms with Crippen LogP contribution in [0.1, 0.15) is 36.5 Å². The lowest BCUT2D eigenvalue weighted by molar-refractivity contribution is -0.139. The van der Waals surface area contributed by atoms with Crippen molar-refractivity contribution in [1.29, 1.82) is 5.26 Å². The number of hydrogen-bond donors (Lipinski definition) is 2. The average Bonchev–Trinajstić information content (AvgIpc) is 2.64. The fraction of sp³-hybridized carbons (Fsp3) is 0.286. The summed E-state index contributed by atoms with van der Waals surface area (Å²) in [5.41, 5.74) is 8.55. The van der Waals surface area contributed by atoms with Crippen LogP contribution in [0.2, 0.25) is 0 Å². The Morgan fingerprint density at radius 3 is 2.71 bits per heavy atom. The second kappa shape index (κ2) is 7.24. The number of nitrogens with one attached hydrogen (secondary N) is 1. The van der Waals surface area contributed by atoms with Gasteiger partial charge in [0.25, 0.3) is 5.56 Å². The molecule has 0 bridgehead atoms. The number of hydrogen-bond acceptors (Lipinski definition) is 6. The zero-order chi connectivity index (χ0) is 20.6. The maximum absolute atomic E-state index is 13.0. The summed E-state index contributed by atoms with van der Waals surface area (Å²) in [5.74, 6) is -1.53. The SMILES string of the molecule is CCOC(=O)C1=C(C)OC(N)=C(C#N)[C@@H]1c1cc2ccc(C)c(C)c2[nH]c1=O. The molecule has 0 saturated heterocycles. The van der Waals surface area contributed by atoms with Crippen LogP contribution in [0.5, 0.6) is 0 Å². The van der Waals surface area contributed by atoms with Crippen LogP contribution in [0.3, 0.4) is 0 Å². The number of allylic oxidation sites excluding steroid dienone is 2. The van der Waals surface area contributed by atoms with E-state index in [0.29, 0.717) is 0 Å².